The highest BCUT2D eigenvalue weighted by molar-refractivity contribution is 6.11. The normalized spacial score (nSPS) is 14.4. The molecule has 3 N–H and O–H groups in total. The molecule has 0 aliphatic heterocycles. The van der Waals surface area contributed by atoms with Crippen molar-refractivity contribution in [3.63, 3.8) is 0 Å². The zero-order valence-corrected chi connectivity index (χ0v) is 13.1. The summed E-state index contributed by atoms with van der Waals surface area (Å²) in [5.41, 5.74) is 2.87. The first-order valence-electron chi connectivity index (χ1n) is 7.95. The number of aromatic amines is 2. The van der Waals surface area contributed by atoms with Gasteiger partial charge < -0.3 is 10.1 Å². The number of benzene rings is 1. The van der Waals surface area contributed by atoms with E-state index < -0.39 is 0 Å². The van der Waals surface area contributed by atoms with Crippen LogP contribution in [0.3, 0.4) is 0 Å². The van der Waals surface area contributed by atoms with Crippen molar-refractivity contribution in [3.05, 3.63) is 36.2 Å². The Morgan fingerprint density at radius 1 is 1.25 bits per heavy atom. The van der Waals surface area contributed by atoms with Crippen molar-refractivity contribution in [1.29, 1.82) is 0 Å². The van der Waals surface area contributed by atoms with Crippen molar-refractivity contribution in [2.24, 2.45) is 0 Å². The van der Waals surface area contributed by atoms with Crippen LogP contribution in [0.4, 0.5) is 11.6 Å². The maximum atomic E-state index is 5.48. The summed E-state index contributed by atoms with van der Waals surface area (Å²) >= 11 is 0. The molecular formula is C17H16N6O. The van der Waals surface area contributed by atoms with Gasteiger partial charge in [-0.05, 0) is 25.0 Å². The maximum absolute atomic E-state index is 5.48. The van der Waals surface area contributed by atoms with Gasteiger partial charge in [-0.25, -0.2) is 4.98 Å². The molecule has 1 aliphatic rings. The van der Waals surface area contributed by atoms with Gasteiger partial charge in [-0.3, -0.25) is 10.2 Å². The highest BCUT2D eigenvalue weighted by Gasteiger charge is 2.25. The van der Waals surface area contributed by atoms with Gasteiger partial charge in [0.25, 0.3) is 0 Å². The Bertz CT molecular complexity index is 1050. The predicted octanol–water partition coefficient (Wildman–Crippen LogP) is 3.46. The number of rotatable bonds is 4. The first-order chi connectivity index (χ1) is 11.8. The number of nitrogens with zero attached hydrogens (tertiary/aromatic N) is 3. The molecule has 120 valence electrons. The van der Waals surface area contributed by atoms with Crippen molar-refractivity contribution in [3.8, 4) is 5.75 Å². The Kier molecular flexibility index (Phi) is 2.76. The molecule has 4 aromatic rings. The van der Waals surface area contributed by atoms with E-state index in [0.29, 0.717) is 11.7 Å². The summed E-state index contributed by atoms with van der Waals surface area (Å²) in [5, 5.41) is 19.9. The van der Waals surface area contributed by atoms with Crippen molar-refractivity contribution in [1.82, 2.24) is 25.4 Å². The molecule has 0 bridgehead atoms. The average Bonchev–Trinajstić information content (AvgIpc) is 3.15. The molecule has 0 spiro atoms. The van der Waals surface area contributed by atoms with Gasteiger partial charge in [0.1, 0.15) is 11.3 Å². The highest BCUT2D eigenvalue weighted by Crippen LogP contribution is 2.40. The smallest absolute Gasteiger partial charge is 0.158 e. The van der Waals surface area contributed by atoms with E-state index in [-0.39, 0.29) is 0 Å². The summed E-state index contributed by atoms with van der Waals surface area (Å²) in [4.78, 5) is 4.73. The molecule has 0 unspecified atom stereocenters. The number of H-pyrrole nitrogens is 2. The molecule has 1 saturated carbocycles. The molecular weight excluding hydrogens is 304 g/mol. The lowest BCUT2D eigenvalue weighted by Crippen LogP contribution is -1.97. The van der Waals surface area contributed by atoms with Crippen LogP contribution >= 0.6 is 0 Å². The molecule has 0 radical (unpaired) electrons. The second-order valence-electron chi connectivity index (χ2n) is 6.08. The summed E-state index contributed by atoms with van der Waals surface area (Å²) in [5.74, 6) is 2.89. The summed E-state index contributed by atoms with van der Waals surface area (Å²) in [7, 11) is 1.66. The van der Waals surface area contributed by atoms with Crippen molar-refractivity contribution >= 4 is 33.4 Å². The van der Waals surface area contributed by atoms with Crippen molar-refractivity contribution in [2.45, 2.75) is 18.8 Å². The van der Waals surface area contributed by atoms with E-state index in [9.17, 15) is 0 Å². The SMILES string of the molecule is COc1cccc2nc(Nc3cc(C4CC4)[nH]n3)c3[nH]ncc3c12. The number of nitrogens with one attached hydrogen (secondary N) is 3. The minimum absolute atomic E-state index is 0.633. The fraction of sp³-hybridized carbons (Fsp3) is 0.235. The molecule has 1 fully saturated rings. The van der Waals surface area contributed by atoms with Crippen molar-refractivity contribution < 1.29 is 4.74 Å². The van der Waals surface area contributed by atoms with E-state index in [2.05, 4.69) is 31.8 Å². The van der Waals surface area contributed by atoms with Gasteiger partial charge in [0.15, 0.2) is 11.6 Å². The predicted molar refractivity (Wildman–Crippen MR) is 91.8 cm³/mol. The minimum atomic E-state index is 0.633. The Morgan fingerprint density at radius 2 is 2.17 bits per heavy atom. The van der Waals surface area contributed by atoms with E-state index in [0.717, 1.165) is 33.4 Å². The topological polar surface area (TPSA) is 91.5 Å². The molecule has 7 nitrogen and oxygen atoms in total. The van der Waals surface area contributed by atoms with Crippen LogP contribution in [0.1, 0.15) is 24.5 Å². The maximum Gasteiger partial charge on any atom is 0.158 e. The Morgan fingerprint density at radius 3 is 3.00 bits per heavy atom. The number of hydrogen-bond donors (Lipinski definition) is 3. The molecule has 0 amide bonds. The minimum Gasteiger partial charge on any atom is -0.496 e. The zero-order chi connectivity index (χ0) is 16.1. The Hall–Kier alpha value is -3.09. The van der Waals surface area contributed by atoms with Crippen LogP contribution in [0.15, 0.2) is 30.5 Å². The van der Waals surface area contributed by atoms with Crippen LogP contribution in [0, 0.1) is 0 Å². The molecule has 1 aliphatic carbocycles. The molecule has 5 rings (SSSR count). The first-order valence-corrected chi connectivity index (χ1v) is 7.95. The van der Waals surface area contributed by atoms with Crippen LogP contribution in [0.5, 0.6) is 5.75 Å². The van der Waals surface area contributed by atoms with Gasteiger partial charge >= 0.3 is 0 Å². The Balaban J connectivity index is 1.65. The van der Waals surface area contributed by atoms with Gasteiger partial charge in [-0.1, -0.05) is 6.07 Å². The lowest BCUT2D eigenvalue weighted by atomic mass is 10.1. The average molecular weight is 320 g/mol. The van der Waals surface area contributed by atoms with Crippen LogP contribution in [-0.4, -0.2) is 32.5 Å². The highest BCUT2D eigenvalue weighted by atomic mass is 16.5. The molecule has 0 saturated heterocycles. The van der Waals surface area contributed by atoms with E-state index in [1.807, 2.05) is 18.2 Å². The molecule has 3 heterocycles. The van der Waals surface area contributed by atoms with Crippen LogP contribution in [-0.2, 0) is 0 Å². The third-order valence-electron chi connectivity index (χ3n) is 4.46. The third-order valence-corrected chi connectivity index (χ3v) is 4.46. The van der Waals surface area contributed by atoms with Crippen LogP contribution < -0.4 is 10.1 Å². The molecule has 24 heavy (non-hydrogen) atoms. The molecule has 0 atom stereocenters. The standard InChI is InChI=1S/C17H16N6O/c1-24-13-4-2-3-11-15(13)10-8-18-23-16(10)17(19-11)20-14-7-12(21-22-14)9-5-6-9/h2-4,7-9H,5-6H2,1H3,(H,18,23)(H2,19,20,21,22). The second kappa shape index (κ2) is 4.95. The van der Waals surface area contributed by atoms with Gasteiger partial charge in [-0.15, -0.1) is 0 Å². The zero-order valence-electron chi connectivity index (χ0n) is 13.1. The van der Waals surface area contributed by atoms with Gasteiger partial charge in [0.2, 0.25) is 0 Å². The Labute approximate surface area is 137 Å². The number of fused-ring (bicyclic) bond motifs is 3. The number of anilines is 2. The summed E-state index contributed by atoms with van der Waals surface area (Å²) in [6, 6.07) is 7.88. The van der Waals surface area contributed by atoms with Gasteiger partial charge in [0.05, 0.1) is 24.2 Å². The molecule has 1 aromatic carbocycles. The largest absolute Gasteiger partial charge is 0.496 e. The fourth-order valence-corrected chi connectivity index (χ4v) is 3.10. The quantitative estimate of drug-likeness (QED) is 0.535. The lowest BCUT2D eigenvalue weighted by Gasteiger charge is -2.09. The van der Waals surface area contributed by atoms with Crippen molar-refractivity contribution in [2.75, 3.05) is 12.4 Å². The van der Waals surface area contributed by atoms with E-state index in [4.69, 9.17) is 9.72 Å². The van der Waals surface area contributed by atoms with Gasteiger partial charge in [0, 0.05) is 23.1 Å². The number of pyridine rings is 1. The second-order valence-corrected chi connectivity index (χ2v) is 6.08. The molecule has 3 aromatic heterocycles. The molecule has 7 heteroatoms. The fourth-order valence-electron chi connectivity index (χ4n) is 3.10. The summed E-state index contributed by atoms with van der Waals surface area (Å²) in [6.07, 6.45) is 4.27. The van der Waals surface area contributed by atoms with Gasteiger partial charge in [-0.2, -0.15) is 10.2 Å². The summed E-state index contributed by atoms with van der Waals surface area (Å²) < 4.78 is 5.48. The lowest BCUT2D eigenvalue weighted by molar-refractivity contribution is 0.420. The van der Waals surface area contributed by atoms with E-state index >= 15 is 0 Å². The number of ether oxygens (including phenoxy) is 1. The van der Waals surface area contributed by atoms with E-state index in [1.165, 1.54) is 18.5 Å². The number of hydrogen-bond acceptors (Lipinski definition) is 5. The number of methoxy groups -OCH3 is 1. The summed E-state index contributed by atoms with van der Waals surface area (Å²) in [6.45, 7) is 0. The number of aromatic nitrogens is 5. The first kappa shape index (κ1) is 13.4. The van der Waals surface area contributed by atoms with Crippen LogP contribution in [0.2, 0.25) is 0 Å². The van der Waals surface area contributed by atoms with E-state index in [1.54, 1.807) is 13.3 Å². The monoisotopic (exact) mass is 320 g/mol. The third kappa shape index (κ3) is 2.01. The van der Waals surface area contributed by atoms with Crippen LogP contribution in [0.25, 0.3) is 21.8 Å².